The van der Waals surface area contributed by atoms with E-state index in [2.05, 4.69) is 32.2 Å². The molecular formula is C11H21N7. The van der Waals surface area contributed by atoms with Crippen molar-refractivity contribution in [3.05, 3.63) is 6.07 Å². The van der Waals surface area contributed by atoms with Crippen LogP contribution in [0.15, 0.2) is 6.07 Å². The first kappa shape index (κ1) is 12.8. The molecule has 1 unspecified atom stereocenters. The summed E-state index contributed by atoms with van der Waals surface area (Å²) in [4.78, 5) is 12.7. The minimum atomic E-state index is 0.229. The highest BCUT2D eigenvalue weighted by molar-refractivity contribution is 5.51. The van der Waals surface area contributed by atoms with E-state index in [-0.39, 0.29) is 5.95 Å². The summed E-state index contributed by atoms with van der Waals surface area (Å²) < 4.78 is 0. The molecule has 7 heteroatoms. The van der Waals surface area contributed by atoms with Crippen molar-refractivity contribution in [1.29, 1.82) is 0 Å². The number of hydrogen-bond acceptors (Lipinski definition) is 7. The second-order valence-electron chi connectivity index (χ2n) is 4.77. The Kier molecular flexibility index (Phi) is 3.83. The molecule has 0 amide bonds. The maximum Gasteiger partial charge on any atom is 0.223 e. The Balaban J connectivity index is 2.08. The molecule has 2 rings (SSSR count). The fourth-order valence-corrected chi connectivity index (χ4v) is 2.34. The van der Waals surface area contributed by atoms with Gasteiger partial charge in [-0.05, 0) is 26.4 Å². The molecule has 0 saturated carbocycles. The Morgan fingerprint density at radius 2 is 2.33 bits per heavy atom. The molecule has 0 aromatic carbocycles. The van der Waals surface area contributed by atoms with Crippen molar-refractivity contribution in [2.24, 2.45) is 5.84 Å². The largest absolute Gasteiger partial charge is 0.368 e. The summed E-state index contributed by atoms with van der Waals surface area (Å²) in [6.45, 7) is 2.09. The fourth-order valence-electron chi connectivity index (χ4n) is 2.34. The van der Waals surface area contributed by atoms with Crippen LogP contribution in [0.5, 0.6) is 0 Å². The smallest absolute Gasteiger partial charge is 0.223 e. The summed E-state index contributed by atoms with van der Waals surface area (Å²) in [7, 11) is 4.17. The summed E-state index contributed by atoms with van der Waals surface area (Å²) in [6.07, 6.45) is 2.49. The number of aromatic nitrogens is 2. The van der Waals surface area contributed by atoms with Crippen molar-refractivity contribution in [2.45, 2.75) is 18.9 Å². The third kappa shape index (κ3) is 2.80. The lowest BCUT2D eigenvalue weighted by atomic mass is 10.2. The molecule has 2 heterocycles. The lowest BCUT2D eigenvalue weighted by Crippen LogP contribution is -2.37. The number of likely N-dealkylation sites (N-methyl/N-ethyl adjacent to an activating group) is 2. The van der Waals surface area contributed by atoms with Crippen LogP contribution in [0.1, 0.15) is 12.8 Å². The average Bonchev–Trinajstić information content (AvgIpc) is 2.74. The Hall–Kier alpha value is -1.60. The molecule has 0 spiro atoms. The Bertz CT molecular complexity index is 408. The number of nitrogens with two attached hydrogens (primary N) is 2. The number of hydrazine groups is 1. The molecule has 0 radical (unpaired) electrons. The predicted octanol–water partition coefficient (Wildman–Crippen LogP) is -0.125. The molecule has 7 nitrogen and oxygen atoms in total. The quantitative estimate of drug-likeness (QED) is 0.507. The van der Waals surface area contributed by atoms with Gasteiger partial charge in [-0.25, -0.2) is 5.84 Å². The molecule has 0 bridgehead atoms. The molecule has 1 fully saturated rings. The van der Waals surface area contributed by atoms with E-state index in [0.29, 0.717) is 11.9 Å². The van der Waals surface area contributed by atoms with Crippen molar-refractivity contribution in [3.8, 4) is 0 Å². The highest BCUT2D eigenvalue weighted by Crippen LogP contribution is 2.20. The maximum absolute atomic E-state index is 5.65. The summed E-state index contributed by atoms with van der Waals surface area (Å²) in [6, 6.07) is 2.37. The normalized spacial score (nSPS) is 20.1. The zero-order valence-electron chi connectivity index (χ0n) is 10.9. The number of hydrogen-bond donors (Lipinski definition) is 3. The summed E-state index contributed by atoms with van der Waals surface area (Å²) >= 11 is 0. The van der Waals surface area contributed by atoms with Gasteiger partial charge in [-0.1, -0.05) is 0 Å². The number of likely N-dealkylation sites (tertiary alicyclic amines) is 1. The minimum Gasteiger partial charge on any atom is -0.368 e. The van der Waals surface area contributed by atoms with Gasteiger partial charge in [0.2, 0.25) is 5.95 Å². The van der Waals surface area contributed by atoms with Gasteiger partial charge in [0.1, 0.15) is 11.6 Å². The second kappa shape index (κ2) is 5.36. The van der Waals surface area contributed by atoms with Crippen molar-refractivity contribution < 1.29 is 0 Å². The van der Waals surface area contributed by atoms with Crippen LogP contribution in [0, 0.1) is 0 Å². The van der Waals surface area contributed by atoms with Gasteiger partial charge in [-0.2, -0.15) is 9.97 Å². The van der Waals surface area contributed by atoms with Crippen LogP contribution in [-0.4, -0.2) is 48.1 Å². The first-order valence-electron chi connectivity index (χ1n) is 6.12. The molecule has 1 aromatic heterocycles. The molecule has 1 aliphatic heterocycles. The first-order chi connectivity index (χ1) is 8.60. The first-order valence-corrected chi connectivity index (χ1v) is 6.12. The van der Waals surface area contributed by atoms with Gasteiger partial charge in [0.15, 0.2) is 0 Å². The Labute approximate surface area is 107 Å². The van der Waals surface area contributed by atoms with Crippen molar-refractivity contribution >= 4 is 17.6 Å². The lowest BCUT2D eigenvalue weighted by Gasteiger charge is -2.26. The standard InChI is InChI=1S/C11H21N7/c1-17-5-3-4-8(17)7-18(2)10-6-9(16-13)14-11(12)15-10/h6,8H,3-5,7,13H2,1-2H3,(H3,12,14,15,16). The van der Waals surface area contributed by atoms with Crippen molar-refractivity contribution in [3.63, 3.8) is 0 Å². The average molecular weight is 251 g/mol. The second-order valence-corrected chi connectivity index (χ2v) is 4.77. The highest BCUT2D eigenvalue weighted by atomic mass is 15.3. The van der Waals surface area contributed by atoms with Gasteiger partial charge in [0, 0.05) is 25.7 Å². The molecule has 1 aliphatic rings. The molecule has 18 heavy (non-hydrogen) atoms. The van der Waals surface area contributed by atoms with Crippen LogP contribution in [0.4, 0.5) is 17.6 Å². The summed E-state index contributed by atoms with van der Waals surface area (Å²) in [5.74, 6) is 6.90. The number of nitrogens with one attached hydrogen (secondary N) is 1. The van der Waals surface area contributed by atoms with Crippen LogP contribution < -0.4 is 21.9 Å². The summed E-state index contributed by atoms with van der Waals surface area (Å²) in [5, 5.41) is 0. The number of anilines is 3. The van der Waals surface area contributed by atoms with Crippen molar-refractivity contribution in [2.75, 3.05) is 43.2 Å². The molecular weight excluding hydrogens is 230 g/mol. The van der Waals surface area contributed by atoms with E-state index in [4.69, 9.17) is 11.6 Å². The monoisotopic (exact) mass is 251 g/mol. The highest BCUT2D eigenvalue weighted by Gasteiger charge is 2.22. The molecule has 0 aliphatic carbocycles. The molecule has 1 saturated heterocycles. The van der Waals surface area contributed by atoms with Crippen LogP contribution in [0.3, 0.4) is 0 Å². The summed E-state index contributed by atoms with van der Waals surface area (Å²) in [5.41, 5.74) is 8.15. The number of nitrogens with zero attached hydrogens (tertiary/aromatic N) is 4. The third-order valence-corrected chi connectivity index (χ3v) is 3.43. The zero-order valence-corrected chi connectivity index (χ0v) is 10.9. The van der Waals surface area contributed by atoms with E-state index in [1.54, 1.807) is 6.07 Å². The number of rotatable bonds is 4. The SMILES string of the molecule is CN(CC1CCCN1C)c1cc(NN)nc(N)n1. The van der Waals surface area contributed by atoms with Crippen molar-refractivity contribution in [1.82, 2.24) is 14.9 Å². The van der Waals surface area contributed by atoms with E-state index < -0.39 is 0 Å². The van der Waals surface area contributed by atoms with Gasteiger partial charge in [0.25, 0.3) is 0 Å². The van der Waals surface area contributed by atoms with E-state index in [1.165, 1.54) is 19.4 Å². The third-order valence-electron chi connectivity index (χ3n) is 3.43. The van der Waals surface area contributed by atoms with Gasteiger partial charge < -0.3 is 21.0 Å². The van der Waals surface area contributed by atoms with E-state index in [0.717, 1.165) is 12.4 Å². The maximum atomic E-state index is 5.65. The van der Waals surface area contributed by atoms with E-state index in [1.807, 2.05) is 7.05 Å². The molecule has 5 N–H and O–H groups in total. The molecule has 1 atom stereocenters. The number of nitrogen functional groups attached to an aromatic ring is 2. The minimum absolute atomic E-state index is 0.229. The van der Waals surface area contributed by atoms with Gasteiger partial charge in [-0.15, -0.1) is 0 Å². The Morgan fingerprint density at radius 3 is 2.94 bits per heavy atom. The zero-order chi connectivity index (χ0) is 13.1. The molecule has 100 valence electrons. The van der Waals surface area contributed by atoms with Crippen LogP contribution in [0.2, 0.25) is 0 Å². The van der Waals surface area contributed by atoms with E-state index >= 15 is 0 Å². The van der Waals surface area contributed by atoms with Crippen LogP contribution in [0.25, 0.3) is 0 Å². The lowest BCUT2D eigenvalue weighted by molar-refractivity contribution is 0.314. The molecule has 1 aromatic rings. The van der Waals surface area contributed by atoms with E-state index in [9.17, 15) is 0 Å². The Morgan fingerprint density at radius 1 is 1.56 bits per heavy atom. The van der Waals surface area contributed by atoms with Crippen LogP contribution >= 0.6 is 0 Å². The van der Waals surface area contributed by atoms with Gasteiger partial charge in [0.05, 0.1) is 0 Å². The predicted molar refractivity (Wildman–Crippen MR) is 73.2 cm³/mol. The topological polar surface area (TPSA) is 96.3 Å². The van der Waals surface area contributed by atoms with Gasteiger partial charge in [-0.3, -0.25) is 0 Å². The fraction of sp³-hybridized carbons (Fsp3) is 0.636. The van der Waals surface area contributed by atoms with Crippen LogP contribution in [-0.2, 0) is 0 Å². The van der Waals surface area contributed by atoms with Gasteiger partial charge >= 0.3 is 0 Å².